The first-order chi connectivity index (χ1) is 9.62. The first kappa shape index (κ1) is 15.0. The van der Waals surface area contributed by atoms with E-state index >= 15 is 0 Å². The fourth-order valence-electron chi connectivity index (χ4n) is 1.60. The number of hydrogen-bond acceptors (Lipinski definition) is 4. The normalized spacial score (nSPS) is 11.4. The molecule has 0 atom stereocenters. The van der Waals surface area contributed by atoms with Crippen LogP contribution in [0.5, 0.6) is 5.75 Å². The standard InChI is InChI=1S/C14H17NO3S2/c1-2-9-18-12-5-7-14(8-6-12)20(16,17)15-11-13-4-3-10-19-13/h3-8,10,15H,2,9,11H2,1H3. The van der Waals surface area contributed by atoms with Crippen LogP contribution in [0.4, 0.5) is 0 Å². The van der Waals surface area contributed by atoms with Gasteiger partial charge in [-0.25, -0.2) is 13.1 Å². The van der Waals surface area contributed by atoms with Gasteiger partial charge in [-0.05, 0) is 42.1 Å². The summed E-state index contributed by atoms with van der Waals surface area (Å²) in [4.78, 5) is 1.23. The van der Waals surface area contributed by atoms with Crippen LogP contribution in [-0.4, -0.2) is 15.0 Å². The molecule has 0 aliphatic heterocycles. The molecule has 0 amide bonds. The van der Waals surface area contributed by atoms with Crippen LogP contribution >= 0.6 is 11.3 Å². The number of nitrogens with one attached hydrogen (secondary N) is 1. The fourth-order valence-corrected chi connectivity index (χ4v) is 3.34. The summed E-state index contributed by atoms with van der Waals surface area (Å²) in [5, 5.41) is 1.92. The number of ether oxygens (including phenoxy) is 1. The molecule has 1 aromatic carbocycles. The summed E-state index contributed by atoms with van der Waals surface area (Å²) in [6.45, 7) is 2.96. The molecule has 2 rings (SSSR count). The minimum Gasteiger partial charge on any atom is -0.494 e. The number of rotatable bonds is 7. The molecule has 0 saturated heterocycles. The van der Waals surface area contributed by atoms with Gasteiger partial charge in [0.1, 0.15) is 5.75 Å². The van der Waals surface area contributed by atoms with Crippen molar-refractivity contribution in [1.82, 2.24) is 4.72 Å². The Bertz CT molecular complexity index is 619. The average molecular weight is 311 g/mol. The summed E-state index contributed by atoms with van der Waals surface area (Å²) in [5.41, 5.74) is 0. The predicted molar refractivity (Wildman–Crippen MR) is 80.6 cm³/mol. The van der Waals surface area contributed by atoms with Gasteiger partial charge in [0.25, 0.3) is 0 Å². The molecule has 20 heavy (non-hydrogen) atoms. The van der Waals surface area contributed by atoms with Gasteiger partial charge >= 0.3 is 0 Å². The molecule has 6 heteroatoms. The lowest BCUT2D eigenvalue weighted by Crippen LogP contribution is -2.22. The van der Waals surface area contributed by atoms with Crippen LogP contribution in [0.25, 0.3) is 0 Å². The molecule has 2 aromatic rings. The maximum absolute atomic E-state index is 12.1. The van der Waals surface area contributed by atoms with E-state index in [9.17, 15) is 8.42 Å². The lowest BCUT2D eigenvalue weighted by Gasteiger charge is -2.08. The molecule has 1 N–H and O–H groups in total. The van der Waals surface area contributed by atoms with Crippen LogP contribution in [0.1, 0.15) is 18.2 Å². The molecule has 0 aliphatic carbocycles. The van der Waals surface area contributed by atoms with Crippen molar-refractivity contribution in [2.24, 2.45) is 0 Å². The summed E-state index contributed by atoms with van der Waals surface area (Å²) in [6.07, 6.45) is 0.919. The fraction of sp³-hybridized carbons (Fsp3) is 0.286. The molecule has 108 valence electrons. The van der Waals surface area contributed by atoms with E-state index < -0.39 is 10.0 Å². The van der Waals surface area contributed by atoms with Crippen molar-refractivity contribution in [1.29, 1.82) is 0 Å². The molecule has 1 aromatic heterocycles. The van der Waals surface area contributed by atoms with E-state index in [0.717, 1.165) is 11.3 Å². The number of sulfonamides is 1. The maximum Gasteiger partial charge on any atom is 0.240 e. The van der Waals surface area contributed by atoms with E-state index in [1.54, 1.807) is 24.3 Å². The highest BCUT2D eigenvalue weighted by atomic mass is 32.2. The SMILES string of the molecule is CCCOc1ccc(S(=O)(=O)NCc2cccs2)cc1. The molecule has 4 nitrogen and oxygen atoms in total. The van der Waals surface area contributed by atoms with E-state index in [0.29, 0.717) is 18.9 Å². The zero-order valence-electron chi connectivity index (χ0n) is 11.2. The first-order valence-corrected chi connectivity index (χ1v) is 8.73. The van der Waals surface area contributed by atoms with E-state index in [1.165, 1.54) is 11.3 Å². The Morgan fingerprint density at radius 3 is 2.55 bits per heavy atom. The monoisotopic (exact) mass is 311 g/mol. The third-order valence-electron chi connectivity index (χ3n) is 2.62. The molecule has 0 unspecified atom stereocenters. The van der Waals surface area contributed by atoms with Crippen LogP contribution in [0.3, 0.4) is 0 Å². The van der Waals surface area contributed by atoms with Crippen LogP contribution in [0.15, 0.2) is 46.7 Å². The topological polar surface area (TPSA) is 55.4 Å². The minimum atomic E-state index is -3.47. The van der Waals surface area contributed by atoms with Crippen molar-refractivity contribution in [2.75, 3.05) is 6.61 Å². The smallest absolute Gasteiger partial charge is 0.240 e. The highest BCUT2D eigenvalue weighted by Crippen LogP contribution is 2.17. The van der Waals surface area contributed by atoms with Crippen molar-refractivity contribution in [3.63, 3.8) is 0 Å². The molecule has 0 radical (unpaired) electrons. The van der Waals surface area contributed by atoms with Gasteiger partial charge in [0, 0.05) is 11.4 Å². The second kappa shape index (κ2) is 6.88. The van der Waals surface area contributed by atoms with Gasteiger partial charge in [-0.2, -0.15) is 0 Å². The van der Waals surface area contributed by atoms with E-state index in [-0.39, 0.29) is 4.90 Å². The molecular weight excluding hydrogens is 294 g/mol. The van der Waals surface area contributed by atoms with Crippen molar-refractivity contribution >= 4 is 21.4 Å². The van der Waals surface area contributed by atoms with Gasteiger partial charge in [-0.1, -0.05) is 13.0 Å². The highest BCUT2D eigenvalue weighted by molar-refractivity contribution is 7.89. The van der Waals surface area contributed by atoms with Gasteiger partial charge in [0.05, 0.1) is 11.5 Å². The van der Waals surface area contributed by atoms with Gasteiger partial charge in [0.2, 0.25) is 10.0 Å². The zero-order chi connectivity index (χ0) is 14.4. The number of thiophene rings is 1. The Labute approximate surface area is 123 Å². The molecule has 0 spiro atoms. The van der Waals surface area contributed by atoms with Crippen molar-refractivity contribution in [2.45, 2.75) is 24.8 Å². The zero-order valence-corrected chi connectivity index (χ0v) is 12.8. The van der Waals surface area contributed by atoms with E-state index in [4.69, 9.17) is 4.74 Å². The van der Waals surface area contributed by atoms with Crippen LogP contribution in [0, 0.1) is 0 Å². The molecule has 1 heterocycles. The van der Waals surface area contributed by atoms with E-state index in [2.05, 4.69) is 4.72 Å². The lowest BCUT2D eigenvalue weighted by molar-refractivity contribution is 0.317. The lowest BCUT2D eigenvalue weighted by atomic mass is 10.3. The Kier molecular flexibility index (Phi) is 5.17. The van der Waals surface area contributed by atoms with Crippen LogP contribution in [0.2, 0.25) is 0 Å². The average Bonchev–Trinajstić information content (AvgIpc) is 2.97. The second-order valence-corrected chi connectivity index (χ2v) is 7.02. The molecule has 0 saturated carbocycles. The van der Waals surface area contributed by atoms with E-state index in [1.807, 2.05) is 24.4 Å². The van der Waals surface area contributed by atoms with Gasteiger partial charge < -0.3 is 4.74 Å². The largest absolute Gasteiger partial charge is 0.494 e. The van der Waals surface area contributed by atoms with Gasteiger partial charge in [0.15, 0.2) is 0 Å². The number of hydrogen-bond donors (Lipinski definition) is 1. The third-order valence-corrected chi connectivity index (χ3v) is 4.92. The van der Waals surface area contributed by atoms with Gasteiger partial charge in [-0.3, -0.25) is 0 Å². The van der Waals surface area contributed by atoms with Crippen molar-refractivity contribution in [3.8, 4) is 5.75 Å². The Morgan fingerprint density at radius 1 is 1.20 bits per heavy atom. The van der Waals surface area contributed by atoms with Crippen LogP contribution in [-0.2, 0) is 16.6 Å². The summed E-state index contributed by atoms with van der Waals surface area (Å²) in [6, 6.07) is 10.3. The Morgan fingerprint density at radius 2 is 1.95 bits per heavy atom. The van der Waals surface area contributed by atoms with Crippen LogP contribution < -0.4 is 9.46 Å². The molecule has 0 bridgehead atoms. The third kappa shape index (κ3) is 4.06. The summed E-state index contributed by atoms with van der Waals surface area (Å²) >= 11 is 1.52. The summed E-state index contributed by atoms with van der Waals surface area (Å²) in [7, 11) is -3.47. The first-order valence-electron chi connectivity index (χ1n) is 6.37. The predicted octanol–water partition coefficient (Wildman–Crippen LogP) is 3.02. The molecular formula is C14H17NO3S2. The minimum absolute atomic E-state index is 0.248. The summed E-state index contributed by atoms with van der Waals surface area (Å²) in [5.74, 6) is 0.684. The quantitative estimate of drug-likeness (QED) is 0.855. The highest BCUT2D eigenvalue weighted by Gasteiger charge is 2.13. The summed E-state index contributed by atoms with van der Waals surface area (Å²) < 4.78 is 32.2. The van der Waals surface area contributed by atoms with Gasteiger partial charge in [-0.15, -0.1) is 11.3 Å². The molecule has 0 aliphatic rings. The number of benzene rings is 1. The Hall–Kier alpha value is -1.37. The van der Waals surface area contributed by atoms with Crippen molar-refractivity contribution < 1.29 is 13.2 Å². The Balaban J connectivity index is 2.01. The maximum atomic E-state index is 12.1. The molecule has 0 fully saturated rings. The van der Waals surface area contributed by atoms with Crippen molar-refractivity contribution in [3.05, 3.63) is 46.7 Å². The second-order valence-electron chi connectivity index (χ2n) is 4.22.